The third-order valence-electron chi connectivity index (χ3n) is 5.52. The third kappa shape index (κ3) is 4.66. The monoisotopic (exact) mass is 459 g/mol. The van der Waals surface area contributed by atoms with Gasteiger partial charge in [-0.3, -0.25) is 0 Å². The summed E-state index contributed by atoms with van der Waals surface area (Å²) in [6, 6.07) is 5.58. The van der Waals surface area contributed by atoms with Crippen molar-refractivity contribution in [2.24, 2.45) is 5.92 Å². The Hall–Kier alpha value is -2.29. The highest BCUT2D eigenvalue weighted by Gasteiger charge is 2.21. The van der Waals surface area contributed by atoms with Gasteiger partial charge in [0.25, 0.3) is 0 Å². The first-order chi connectivity index (χ1) is 15.0. The molecule has 1 atom stereocenters. The van der Waals surface area contributed by atoms with Crippen LogP contribution < -0.4 is 14.8 Å². The molecule has 164 valence electrons. The quantitative estimate of drug-likeness (QED) is 0.410. The summed E-state index contributed by atoms with van der Waals surface area (Å²) in [5, 5.41) is 5.64. The van der Waals surface area contributed by atoms with E-state index in [0.29, 0.717) is 33.3 Å². The number of hydrogen-bond acceptors (Lipinski definition) is 8. The van der Waals surface area contributed by atoms with E-state index in [0.717, 1.165) is 41.9 Å². The van der Waals surface area contributed by atoms with Gasteiger partial charge in [0, 0.05) is 36.3 Å². The number of rotatable bonds is 7. The molecule has 1 unspecified atom stereocenters. The van der Waals surface area contributed by atoms with Gasteiger partial charge in [0.2, 0.25) is 0 Å². The number of thioether (sulfide) groups is 1. The van der Waals surface area contributed by atoms with Gasteiger partial charge in [0.1, 0.15) is 17.0 Å². The average Bonchev–Trinajstić information content (AvgIpc) is 3.22. The van der Waals surface area contributed by atoms with E-state index in [9.17, 15) is 0 Å². The molecule has 0 radical (unpaired) electrons. The molecule has 0 amide bonds. The Morgan fingerprint density at radius 2 is 2.06 bits per heavy atom. The minimum Gasteiger partial charge on any atom is -0.497 e. The van der Waals surface area contributed by atoms with Crippen LogP contribution >= 0.6 is 23.4 Å². The first-order valence-electron chi connectivity index (χ1n) is 10.1. The predicted molar refractivity (Wildman–Crippen MR) is 127 cm³/mol. The van der Waals surface area contributed by atoms with Gasteiger partial charge in [0.05, 0.1) is 24.9 Å². The number of aromatic nitrogens is 3. The van der Waals surface area contributed by atoms with Crippen LogP contribution in [0.15, 0.2) is 29.6 Å². The summed E-state index contributed by atoms with van der Waals surface area (Å²) >= 11 is 8.15. The van der Waals surface area contributed by atoms with E-state index in [1.807, 2.05) is 24.6 Å². The van der Waals surface area contributed by atoms with Crippen LogP contribution in [0.4, 0.5) is 5.82 Å². The van der Waals surface area contributed by atoms with Crippen molar-refractivity contribution in [1.82, 2.24) is 19.9 Å². The number of halogens is 1. The minimum absolute atomic E-state index is 0.486. The molecule has 0 bridgehead atoms. The van der Waals surface area contributed by atoms with Crippen molar-refractivity contribution >= 4 is 40.1 Å². The van der Waals surface area contributed by atoms with Gasteiger partial charge in [-0.2, -0.15) is 0 Å². The van der Waals surface area contributed by atoms with Crippen LogP contribution in [0.5, 0.6) is 11.5 Å². The topological polar surface area (TPSA) is 72.4 Å². The normalized spacial score (nSPS) is 16.6. The molecule has 7 nitrogen and oxygen atoms in total. The summed E-state index contributed by atoms with van der Waals surface area (Å²) in [5.41, 5.74) is 2.25. The van der Waals surface area contributed by atoms with E-state index in [4.69, 9.17) is 31.0 Å². The zero-order valence-electron chi connectivity index (χ0n) is 18.1. The molecule has 0 saturated carbocycles. The Bertz CT molecular complexity index is 1100. The van der Waals surface area contributed by atoms with Crippen molar-refractivity contribution < 1.29 is 9.47 Å². The molecule has 1 aliphatic heterocycles. The minimum atomic E-state index is 0.486. The maximum Gasteiger partial charge on any atom is 0.187 e. The Balaban J connectivity index is 1.80. The lowest BCUT2D eigenvalue weighted by Gasteiger charge is -2.16. The molecule has 1 N–H and O–H groups in total. The van der Waals surface area contributed by atoms with Crippen LogP contribution in [-0.4, -0.2) is 67.0 Å². The lowest BCUT2D eigenvalue weighted by Crippen LogP contribution is -2.19. The summed E-state index contributed by atoms with van der Waals surface area (Å²) in [7, 11) is 5.36. The second-order valence-corrected chi connectivity index (χ2v) is 8.79. The van der Waals surface area contributed by atoms with Crippen molar-refractivity contribution in [3.8, 4) is 22.8 Å². The maximum absolute atomic E-state index is 6.64. The van der Waals surface area contributed by atoms with E-state index in [1.165, 1.54) is 18.2 Å². The second-order valence-electron chi connectivity index (χ2n) is 7.64. The maximum atomic E-state index is 6.64. The molecule has 1 saturated heterocycles. The second kappa shape index (κ2) is 9.46. The lowest BCUT2D eigenvalue weighted by molar-refractivity contribution is 0.395. The first kappa shape index (κ1) is 21.9. The van der Waals surface area contributed by atoms with Crippen LogP contribution in [0, 0.1) is 5.92 Å². The van der Waals surface area contributed by atoms with Gasteiger partial charge >= 0.3 is 0 Å². The SMILES string of the molecule is COc1cc(OC)c(Cl)c(-c2cc3cnc(SC)nc3c(NCC3CCN(C)C3)n2)c1. The zero-order valence-corrected chi connectivity index (χ0v) is 19.7. The van der Waals surface area contributed by atoms with Gasteiger partial charge in [-0.25, -0.2) is 15.0 Å². The fourth-order valence-electron chi connectivity index (χ4n) is 3.84. The molecule has 3 aromatic rings. The highest BCUT2D eigenvalue weighted by Crippen LogP contribution is 2.40. The predicted octanol–water partition coefficient (Wildman–Crippen LogP) is 4.45. The molecule has 2 aromatic heterocycles. The molecule has 1 aliphatic rings. The van der Waals surface area contributed by atoms with Crippen LogP contribution in [0.2, 0.25) is 5.02 Å². The summed E-state index contributed by atoms with van der Waals surface area (Å²) in [4.78, 5) is 16.4. The molecule has 0 aliphatic carbocycles. The molecule has 9 heteroatoms. The van der Waals surface area contributed by atoms with Crippen LogP contribution in [0.1, 0.15) is 6.42 Å². The fraction of sp³-hybridized carbons (Fsp3) is 0.409. The van der Waals surface area contributed by atoms with E-state index in [1.54, 1.807) is 20.3 Å². The number of nitrogens with zero attached hydrogens (tertiary/aromatic N) is 4. The van der Waals surface area contributed by atoms with Gasteiger partial charge in [-0.15, -0.1) is 0 Å². The first-order valence-corrected chi connectivity index (χ1v) is 11.7. The zero-order chi connectivity index (χ0) is 22.0. The standard InChI is InChI=1S/C22H26ClN5O2S/c1-28-6-5-13(12-28)10-24-21-20-14(11-25-22(27-20)31-4)7-17(26-21)16-8-15(29-2)9-18(30-3)19(16)23/h7-9,11,13H,5-6,10,12H2,1-4H3,(H,24,26). The molecular formula is C22H26ClN5O2S. The number of fused-ring (bicyclic) bond motifs is 1. The summed E-state index contributed by atoms with van der Waals surface area (Å²) in [5.74, 6) is 2.50. The highest BCUT2D eigenvalue weighted by molar-refractivity contribution is 7.98. The van der Waals surface area contributed by atoms with E-state index in [2.05, 4.69) is 22.2 Å². The lowest BCUT2D eigenvalue weighted by atomic mass is 10.1. The molecular weight excluding hydrogens is 434 g/mol. The number of benzene rings is 1. The van der Waals surface area contributed by atoms with Crippen LogP contribution in [0.25, 0.3) is 22.2 Å². The van der Waals surface area contributed by atoms with Crippen LogP contribution in [0.3, 0.4) is 0 Å². The summed E-state index contributed by atoms with van der Waals surface area (Å²) in [6.45, 7) is 3.04. The number of hydrogen-bond donors (Lipinski definition) is 1. The molecule has 1 fully saturated rings. The molecule has 0 spiro atoms. The van der Waals surface area contributed by atoms with Gasteiger partial charge in [-0.05, 0) is 44.3 Å². The van der Waals surface area contributed by atoms with Crippen molar-refractivity contribution in [3.05, 3.63) is 29.4 Å². The van der Waals surface area contributed by atoms with Crippen molar-refractivity contribution in [2.75, 3.05) is 52.5 Å². The van der Waals surface area contributed by atoms with Crippen molar-refractivity contribution in [2.45, 2.75) is 11.6 Å². The highest BCUT2D eigenvalue weighted by atomic mass is 35.5. The smallest absolute Gasteiger partial charge is 0.187 e. The number of nitrogens with one attached hydrogen (secondary N) is 1. The third-order valence-corrected chi connectivity index (χ3v) is 6.47. The van der Waals surface area contributed by atoms with Gasteiger partial charge < -0.3 is 19.7 Å². The summed E-state index contributed by atoms with van der Waals surface area (Å²) in [6.07, 6.45) is 4.97. The number of likely N-dealkylation sites (tertiary alicyclic amines) is 1. The van der Waals surface area contributed by atoms with Gasteiger partial charge in [-0.1, -0.05) is 23.4 Å². The van der Waals surface area contributed by atoms with Crippen molar-refractivity contribution in [3.63, 3.8) is 0 Å². The molecule has 1 aromatic carbocycles. The number of anilines is 1. The fourth-order valence-corrected chi connectivity index (χ4v) is 4.47. The largest absolute Gasteiger partial charge is 0.497 e. The molecule has 3 heterocycles. The number of methoxy groups -OCH3 is 2. The van der Waals surface area contributed by atoms with E-state index in [-0.39, 0.29) is 0 Å². The molecule has 4 rings (SSSR count). The Kier molecular flexibility index (Phi) is 6.69. The average molecular weight is 460 g/mol. The number of pyridine rings is 1. The van der Waals surface area contributed by atoms with Crippen molar-refractivity contribution in [1.29, 1.82) is 0 Å². The summed E-state index contributed by atoms with van der Waals surface area (Å²) < 4.78 is 10.9. The molecule has 31 heavy (non-hydrogen) atoms. The Morgan fingerprint density at radius 1 is 1.23 bits per heavy atom. The van der Waals surface area contributed by atoms with Crippen LogP contribution in [-0.2, 0) is 0 Å². The number of ether oxygens (including phenoxy) is 2. The van der Waals surface area contributed by atoms with E-state index < -0.39 is 0 Å². The Labute approximate surface area is 191 Å². The Morgan fingerprint density at radius 3 is 2.74 bits per heavy atom. The van der Waals surface area contributed by atoms with E-state index >= 15 is 0 Å². The van der Waals surface area contributed by atoms with Gasteiger partial charge in [0.15, 0.2) is 11.0 Å².